The maximum absolute atomic E-state index is 10.1. The standard InChI is InChI=1S/C24H38O2/c1-18-19(8-6-10-22(18)26)11-12-20-9-7-15-24(3)21(20)13-16-23(24,2)14-4-5-17-25/h11-12,21-22,25-26H,1,4-10,13-17H2,2-3H3/b19-11-,20-12+/t21?,22?,23?,24-/m0/s1. The number of aliphatic hydroxyl groups excluding tert-OH is 2. The van der Waals surface area contributed by atoms with Crippen LogP contribution in [0.15, 0.2) is 35.5 Å². The molecule has 3 fully saturated rings. The Hall–Kier alpha value is -0.860. The van der Waals surface area contributed by atoms with Crippen molar-refractivity contribution in [3.05, 3.63) is 35.5 Å². The highest BCUT2D eigenvalue weighted by molar-refractivity contribution is 5.38. The third kappa shape index (κ3) is 3.60. The molecule has 26 heavy (non-hydrogen) atoms. The number of fused-ring (bicyclic) bond motifs is 1. The minimum absolute atomic E-state index is 0.324. The molecule has 0 aromatic carbocycles. The fourth-order valence-corrected chi connectivity index (χ4v) is 6.06. The molecule has 3 aliphatic carbocycles. The number of aliphatic hydroxyl groups is 2. The normalized spacial score (nSPS) is 41.0. The van der Waals surface area contributed by atoms with Gasteiger partial charge in [0, 0.05) is 6.61 Å². The van der Waals surface area contributed by atoms with Gasteiger partial charge >= 0.3 is 0 Å². The summed E-state index contributed by atoms with van der Waals surface area (Å²) >= 11 is 0. The lowest BCUT2D eigenvalue weighted by atomic mass is 9.56. The molecular formula is C24H38O2. The van der Waals surface area contributed by atoms with Crippen LogP contribution in [-0.4, -0.2) is 22.9 Å². The van der Waals surface area contributed by atoms with Crippen molar-refractivity contribution >= 4 is 0 Å². The lowest BCUT2D eigenvalue weighted by Gasteiger charge is -2.48. The first-order valence-corrected chi connectivity index (χ1v) is 10.8. The maximum atomic E-state index is 10.1. The van der Waals surface area contributed by atoms with Crippen molar-refractivity contribution in [3.63, 3.8) is 0 Å². The quantitative estimate of drug-likeness (QED) is 0.618. The minimum Gasteiger partial charge on any atom is -0.396 e. The Kier molecular flexibility index (Phi) is 6.14. The highest BCUT2D eigenvalue weighted by atomic mass is 16.3. The van der Waals surface area contributed by atoms with E-state index >= 15 is 0 Å². The van der Waals surface area contributed by atoms with Crippen LogP contribution in [0.5, 0.6) is 0 Å². The predicted octanol–water partition coefficient (Wildman–Crippen LogP) is 5.71. The van der Waals surface area contributed by atoms with E-state index < -0.39 is 0 Å². The number of allylic oxidation sites excluding steroid dienone is 3. The van der Waals surface area contributed by atoms with Gasteiger partial charge in [-0.2, -0.15) is 0 Å². The summed E-state index contributed by atoms with van der Waals surface area (Å²) in [6.07, 6.45) is 17.1. The summed E-state index contributed by atoms with van der Waals surface area (Å²) in [5.74, 6) is 0.703. The van der Waals surface area contributed by atoms with Crippen LogP contribution in [0.25, 0.3) is 0 Å². The van der Waals surface area contributed by atoms with Crippen molar-refractivity contribution in [2.75, 3.05) is 6.61 Å². The van der Waals surface area contributed by atoms with E-state index in [2.05, 4.69) is 32.6 Å². The van der Waals surface area contributed by atoms with E-state index in [1.165, 1.54) is 44.1 Å². The fraction of sp³-hybridized carbons (Fsp3) is 0.750. The zero-order valence-electron chi connectivity index (χ0n) is 16.9. The molecular weight excluding hydrogens is 320 g/mol. The van der Waals surface area contributed by atoms with Crippen LogP contribution >= 0.6 is 0 Å². The van der Waals surface area contributed by atoms with Gasteiger partial charge in [-0.15, -0.1) is 0 Å². The largest absolute Gasteiger partial charge is 0.396 e. The molecule has 0 aliphatic heterocycles. The SMILES string of the molecule is C=C1/C(=C\C=C2/CCC[C@@]3(C)C2CCC3(C)CCCCO)CCCC1O. The molecule has 0 aromatic heterocycles. The average Bonchev–Trinajstić information content (AvgIpc) is 2.88. The third-order valence-electron chi connectivity index (χ3n) is 8.12. The average molecular weight is 359 g/mol. The highest BCUT2D eigenvalue weighted by Gasteiger charge is 2.55. The Morgan fingerprint density at radius 3 is 2.65 bits per heavy atom. The second-order valence-corrected chi connectivity index (χ2v) is 9.47. The topological polar surface area (TPSA) is 40.5 Å². The summed E-state index contributed by atoms with van der Waals surface area (Å²) in [6, 6.07) is 0. The van der Waals surface area contributed by atoms with E-state index in [1.54, 1.807) is 5.57 Å². The Morgan fingerprint density at radius 2 is 1.88 bits per heavy atom. The van der Waals surface area contributed by atoms with Gasteiger partial charge in [-0.3, -0.25) is 0 Å². The van der Waals surface area contributed by atoms with Crippen molar-refractivity contribution in [1.82, 2.24) is 0 Å². The van der Waals surface area contributed by atoms with Crippen LogP contribution in [0.4, 0.5) is 0 Å². The van der Waals surface area contributed by atoms with Crippen LogP contribution in [0, 0.1) is 16.7 Å². The van der Waals surface area contributed by atoms with E-state index in [0.717, 1.165) is 37.7 Å². The molecule has 0 heterocycles. The van der Waals surface area contributed by atoms with Gasteiger partial charge in [0.2, 0.25) is 0 Å². The second kappa shape index (κ2) is 8.02. The molecule has 3 rings (SSSR count). The van der Waals surface area contributed by atoms with Crippen LogP contribution < -0.4 is 0 Å². The molecule has 0 aromatic rings. The van der Waals surface area contributed by atoms with Gasteiger partial charge in [0.15, 0.2) is 0 Å². The summed E-state index contributed by atoms with van der Waals surface area (Å²) in [6.45, 7) is 9.48. The first kappa shape index (κ1) is 19.9. The van der Waals surface area contributed by atoms with Crippen molar-refractivity contribution in [3.8, 4) is 0 Å². The number of hydrogen-bond donors (Lipinski definition) is 2. The Morgan fingerprint density at radius 1 is 1.08 bits per heavy atom. The summed E-state index contributed by atoms with van der Waals surface area (Å²) in [5.41, 5.74) is 4.63. The Labute approximate surface area is 160 Å². The van der Waals surface area contributed by atoms with Gasteiger partial charge in [-0.05, 0) is 92.1 Å². The molecule has 4 atom stereocenters. The molecule has 0 radical (unpaired) electrons. The Balaban J connectivity index is 1.78. The second-order valence-electron chi connectivity index (χ2n) is 9.47. The van der Waals surface area contributed by atoms with Gasteiger partial charge < -0.3 is 10.2 Å². The number of unbranched alkanes of at least 4 members (excludes halogenated alkanes) is 1. The molecule has 0 bridgehead atoms. The first-order chi connectivity index (χ1) is 12.4. The maximum Gasteiger partial charge on any atom is 0.0787 e. The molecule has 3 unspecified atom stereocenters. The van der Waals surface area contributed by atoms with Gasteiger partial charge in [0.25, 0.3) is 0 Å². The fourth-order valence-electron chi connectivity index (χ4n) is 6.06. The molecule has 3 saturated carbocycles. The van der Waals surface area contributed by atoms with Crippen LogP contribution in [0.2, 0.25) is 0 Å². The van der Waals surface area contributed by atoms with Gasteiger partial charge in [0.05, 0.1) is 6.10 Å². The van der Waals surface area contributed by atoms with Crippen molar-refractivity contribution in [2.45, 2.75) is 90.6 Å². The third-order valence-corrected chi connectivity index (χ3v) is 8.12. The Bertz CT molecular complexity index is 587. The van der Waals surface area contributed by atoms with E-state index in [1.807, 2.05) is 0 Å². The molecule has 3 aliphatic rings. The summed E-state index contributed by atoms with van der Waals surface area (Å²) in [4.78, 5) is 0. The van der Waals surface area contributed by atoms with E-state index in [0.29, 0.717) is 23.4 Å². The minimum atomic E-state index is -0.341. The van der Waals surface area contributed by atoms with E-state index in [-0.39, 0.29) is 6.10 Å². The lowest BCUT2D eigenvalue weighted by molar-refractivity contribution is 0.0415. The van der Waals surface area contributed by atoms with Crippen LogP contribution in [-0.2, 0) is 0 Å². The van der Waals surface area contributed by atoms with Crippen LogP contribution in [0.3, 0.4) is 0 Å². The van der Waals surface area contributed by atoms with Gasteiger partial charge in [-0.1, -0.05) is 44.6 Å². The van der Waals surface area contributed by atoms with E-state index in [4.69, 9.17) is 5.11 Å². The van der Waals surface area contributed by atoms with E-state index in [9.17, 15) is 5.11 Å². The zero-order chi connectivity index (χ0) is 18.8. The van der Waals surface area contributed by atoms with Crippen molar-refractivity contribution < 1.29 is 10.2 Å². The molecule has 2 N–H and O–H groups in total. The molecule has 0 spiro atoms. The molecule has 2 heteroatoms. The number of hydrogen-bond acceptors (Lipinski definition) is 2. The number of rotatable bonds is 5. The lowest BCUT2D eigenvalue weighted by Crippen LogP contribution is -2.40. The zero-order valence-corrected chi connectivity index (χ0v) is 16.9. The van der Waals surface area contributed by atoms with Crippen LogP contribution in [0.1, 0.15) is 84.5 Å². The van der Waals surface area contributed by atoms with Gasteiger partial charge in [-0.25, -0.2) is 0 Å². The van der Waals surface area contributed by atoms with Crippen molar-refractivity contribution in [2.24, 2.45) is 16.7 Å². The highest BCUT2D eigenvalue weighted by Crippen LogP contribution is 2.65. The summed E-state index contributed by atoms with van der Waals surface area (Å²) < 4.78 is 0. The summed E-state index contributed by atoms with van der Waals surface area (Å²) in [7, 11) is 0. The molecule has 146 valence electrons. The molecule has 2 nitrogen and oxygen atoms in total. The summed E-state index contributed by atoms with van der Waals surface area (Å²) in [5, 5.41) is 19.2. The molecule has 0 amide bonds. The smallest absolute Gasteiger partial charge is 0.0787 e. The van der Waals surface area contributed by atoms with Gasteiger partial charge in [0.1, 0.15) is 0 Å². The molecule has 0 saturated heterocycles. The first-order valence-electron chi connectivity index (χ1n) is 10.8. The van der Waals surface area contributed by atoms with Crippen molar-refractivity contribution in [1.29, 1.82) is 0 Å². The monoisotopic (exact) mass is 358 g/mol. The predicted molar refractivity (Wildman–Crippen MR) is 109 cm³/mol.